The molecular formula is C46H82N2O7. The van der Waals surface area contributed by atoms with Gasteiger partial charge in [0.1, 0.15) is 12.1 Å². The first-order chi connectivity index (χ1) is 26.8. The molecule has 0 aromatic heterocycles. The Hall–Kier alpha value is -2.94. The molecule has 0 fully saturated rings. The third kappa shape index (κ3) is 37.7. The van der Waals surface area contributed by atoms with Crippen molar-refractivity contribution in [2.24, 2.45) is 0 Å². The predicted octanol–water partition coefficient (Wildman–Crippen LogP) is 11.0. The highest BCUT2D eigenvalue weighted by molar-refractivity contribution is 5.87. The van der Waals surface area contributed by atoms with E-state index in [4.69, 9.17) is 14.9 Å². The number of aliphatic hydroxyl groups excluding tert-OH is 1. The summed E-state index contributed by atoms with van der Waals surface area (Å²) in [6.45, 7) is 3.45. The van der Waals surface area contributed by atoms with Crippen LogP contribution in [0.4, 0.5) is 0 Å². The molecule has 0 saturated carbocycles. The van der Waals surface area contributed by atoms with Gasteiger partial charge in [0, 0.05) is 12.8 Å². The number of carbonyl (C=O) groups excluding carboxylic acids is 3. The van der Waals surface area contributed by atoms with Crippen molar-refractivity contribution in [3.8, 4) is 0 Å². The zero-order valence-electron chi connectivity index (χ0n) is 35.2. The van der Waals surface area contributed by atoms with E-state index in [-0.39, 0.29) is 24.5 Å². The molecular weight excluding hydrogens is 693 g/mol. The Morgan fingerprint density at radius 2 is 1.04 bits per heavy atom. The Labute approximate surface area is 336 Å². The van der Waals surface area contributed by atoms with Gasteiger partial charge in [-0.15, -0.1) is 0 Å². The Morgan fingerprint density at radius 1 is 0.564 bits per heavy atom. The van der Waals surface area contributed by atoms with Crippen LogP contribution in [-0.4, -0.2) is 59.3 Å². The number of rotatable bonds is 40. The Kier molecular flexibility index (Phi) is 38.5. The van der Waals surface area contributed by atoms with Crippen LogP contribution in [0.2, 0.25) is 0 Å². The molecule has 0 aliphatic rings. The lowest BCUT2D eigenvalue weighted by molar-refractivity contribution is -0.147. The Balaban J connectivity index is 4.20. The number of hydrogen-bond acceptors (Lipinski definition) is 6. The third-order valence-electron chi connectivity index (χ3n) is 9.84. The SMILES string of the molecule is CCCCCC/C=C\C/C=C\CCCCCCCCCC(=O)OC(/C=C\CCCCCCCC)CCCCCCCCC(=O)NCC(=O)NC(CO)C(=O)O. The lowest BCUT2D eigenvalue weighted by atomic mass is 10.0. The molecule has 2 amide bonds. The van der Waals surface area contributed by atoms with E-state index < -0.39 is 24.5 Å². The molecule has 0 rings (SSSR count). The van der Waals surface area contributed by atoms with Crippen LogP contribution < -0.4 is 10.6 Å². The summed E-state index contributed by atoms with van der Waals surface area (Å²) in [5.41, 5.74) is 0. The van der Waals surface area contributed by atoms with Crippen LogP contribution >= 0.6 is 0 Å². The van der Waals surface area contributed by atoms with Gasteiger partial charge >= 0.3 is 11.9 Å². The molecule has 0 bridgehead atoms. The number of nitrogens with one attached hydrogen (secondary N) is 2. The number of aliphatic hydroxyl groups is 1. The average Bonchev–Trinajstić information content (AvgIpc) is 3.17. The molecule has 0 radical (unpaired) electrons. The summed E-state index contributed by atoms with van der Waals surface area (Å²) in [6.07, 6.45) is 46.2. The molecule has 0 aromatic carbocycles. The van der Waals surface area contributed by atoms with Crippen molar-refractivity contribution >= 4 is 23.8 Å². The fraction of sp³-hybridized carbons (Fsp3) is 0.783. The standard InChI is InChI=1S/C46H82N2O7/c1-3-5-7-9-11-13-14-15-16-17-18-19-20-21-22-24-30-34-38-45(52)55-41(35-31-27-23-12-10-8-6-4-2)36-32-28-25-26-29-33-37-43(50)47-39-44(51)48-42(40-49)46(53)54/h13-14,16-17,31,35,41-42,49H,3-12,15,18-30,32-34,36-40H2,1-2H3,(H,47,50)(H,48,51)(H,53,54)/b14-13-,17-16-,35-31-. The van der Waals surface area contributed by atoms with Gasteiger partial charge in [-0.25, -0.2) is 4.79 Å². The lowest BCUT2D eigenvalue weighted by Gasteiger charge is -2.15. The highest BCUT2D eigenvalue weighted by Crippen LogP contribution is 2.16. The second kappa shape index (κ2) is 40.7. The zero-order valence-corrected chi connectivity index (χ0v) is 35.2. The summed E-state index contributed by atoms with van der Waals surface area (Å²) in [5.74, 6) is -2.33. The van der Waals surface area contributed by atoms with Gasteiger partial charge in [0.05, 0.1) is 13.2 Å². The van der Waals surface area contributed by atoms with Crippen LogP contribution in [0.15, 0.2) is 36.5 Å². The highest BCUT2D eigenvalue weighted by Gasteiger charge is 2.18. The average molecular weight is 775 g/mol. The van der Waals surface area contributed by atoms with Crippen molar-refractivity contribution in [3.05, 3.63) is 36.5 Å². The Bertz CT molecular complexity index is 1030. The molecule has 0 aromatic rings. The molecule has 9 nitrogen and oxygen atoms in total. The summed E-state index contributed by atoms with van der Waals surface area (Å²) in [7, 11) is 0. The summed E-state index contributed by atoms with van der Waals surface area (Å²) in [5, 5.41) is 22.5. The number of esters is 1. The van der Waals surface area contributed by atoms with Gasteiger partial charge in [0.25, 0.3) is 0 Å². The maximum absolute atomic E-state index is 12.7. The van der Waals surface area contributed by atoms with Gasteiger partial charge in [0.2, 0.25) is 11.8 Å². The van der Waals surface area contributed by atoms with Crippen LogP contribution in [0.1, 0.15) is 206 Å². The number of carboxylic acids is 1. The number of carbonyl (C=O) groups is 4. The van der Waals surface area contributed by atoms with Gasteiger partial charge < -0.3 is 25.6 Å². The molecule has 0 spiro atoms. The summed E-state index contributed by atoms with van der Waals surface area (Å²) < 4.78 is 5.94. The first-order valence-corrected chi connectivity index (χ1v) is 22.4. The number of hydrogen-bond donors (Lipinski definition) is 4. The van der Waals surface area contributed by atoms with Crippen molar-refractivity contribution in [3.63, 3.8) is 0 Å². The van der Waals surface area contributed by atoms with E-state index in [9.17, 15) is 19.2 Å². The van der Waals surface area contributed by atoms with Gasteiger partial charge in [-0.05, 0) is 76.7 Å². The smallest absolute Gasteiger partial charge is 0.328 e. The van der Waals surface area contributed by atoms with E-state index in [0.29, 0.717) is 19.3 Å². The van der Waals surface area contributed by atoms with Crippen LogP contribution in [0.3, 0.4) is 0 Å². The minimum absolute atomic E-state index is 0.0850. The van der Waals surface area contributed by atoms with Crippen LogP contribution in [0.5, 0.6) is 0 Å². The quantitative estimate of drug-likeness (QED) is 0.0276. The first kappa shape index (κ1) is 52.1. The van der Waals surface area contributed by atoms with Crippen molar-refractivity contribution in [1.82, 2.24) is 10.6 Å². The first-order valence-electron chi connectivity index (χ1n) is 22.4. The van der Waals surface area contributed by atoms with Crippen molar-refractivity contribution in [2.75, 3.05) is 13.2 Å². The second-order valence-corrected chi connectivity index (χ2v) is 15.1. The van der Waals surface area contributed by atoms with E-state index in [1.807, 2.05) is 0 Å². The number of ether oxygens (including phenoxy) is 1. The molecule has 0 saturated heterocycles. The maximum Gasteiger partial charge on any atom is 0.328 e. The molecule has 0 aliphatic heterocycles. The van der Waals surface area contributed by atoms with E-state index in [1.54, 1.807) is 0 Å². The fourth-order valence-corrected chi connectivity index (χ4v) is 6.36. The lowest BCUT2D eigenvalue weighted by Crippen LogP contribution is -2.47. The van der Waals surface area contributed by atoms with E-state index in [2.05, 4.69) is 60.9 Å². The summed E-state index contributed by atoms with van der Waals surface area (Å²) >= 11 is 0. The molecule has 2 unspecified atom stereocenters. The second-order valence-electron chi connectivity index (χ2n) is 15.1. The molecule has 55 heavy (non-hydrogen) atoms. The van der Waals surface area contributed by atoms with Gasteiger partial charge in [-0.3, -0.25) is 14.4 Å². The van der Waals surface area contributed by atoms with Crippen molar-refractivity contribution in [1.29, 1.82) is 0 Å². The summed E-state index contributed by atoms with van der Waals surface area (Å²) in [4.78, 5) is 47.4. The maximum atomic E-state index is 12.7. The number of aliphatic carboxylic acids is 1. The van der Waals surface area contributed by atoms with Crippen LogP contribution in [0.25, 0.3) is 0 Å². The van der Waals surface area contributed by atoms with Gasteiger partial charge in [0.15, 0.2) is 0 Å². The minimum atomic E-state index is -1.38. The van der Waals surface area contributed by atoms with E-state index >= 15 is 0 Å². The molecule has 4 N–H and O–H groups in total. The molecule has 318 valence electrons. The fourth-order valence-electron chi connectivity index (χ4n) is 6.36. The predicted molar refractivity (Wildman–Crippen MR) is 227 cm³/mol. The Morgan fingerprint density at radius 3 is 1.58 bits per heavy atom. The highest BCUT2D eigenvalue weighted by atomic mass is 16.5. The number of unbranched alkanes of at least 4 members (excludes halogenated alkanes) is 22. The number of allylic oxidation sites excluding steroid dienone is 5. The van der Waals surface area contributed by atoms with Crippen LogP contribution in [-0.2, 0) is 23.9 Å². The van der Waals surface area contributed by atoms with Gasteiger partial charge in [-0.1, -0.05) is 153 Å². The minimum Gasteiger partial charge on any atom is -0.480 e. The number of amides is 2. The largest absolute Gasteiger partial charge is 0.480 e. The third-order valence-corrected chi connectivity index (χ3v) is 9.84. The van der Waals surface area contributed by atoms with Crippen LogP contribution in [0, 0.1) is 0 Å². The topological polar surface area (TPSA) is 142 Å². The van der Waals surface area contributed by atoms with Crippen molar-refractivity contribution in [2.45, 2.75) is 219 Å². The summed E-state index contributed by atoms with van der Waals surface area (Å²) in [6, 6.07) is -1.38. The van der Waals surface area contributed by atoms with E-state index in [1.165, 1.54) is 109 Å². The van der Waals surface area contributed by atoms with E-state index in [0.717, 1.165) is 64.2 Å². The molecule has 2 atom stereocenters. The van der Waals surface area contributed by atoms with Crippen molar-refractivity contribution < 1.29 is 34.1 Å². The monoisotopic (exact) mass is 775 g/mol. The molecule has 9 heteroatoms. The van der Waals surface area contributed by atoms with Gasteiger partial charge in [-0.2, -0.15) is 0 Å². The number of carboxylic acid groups (broad SMARTS) is 1. The zero-order chi connectivity index (χ0) is 40.5. The molecule has 0 aliphatic carbocycles. The normalized spacial score (nSPS) is 12.8. The molecule has 0 heterocycles.